The lowest BCUT2D eigenvalue weighted by Gasteiger charge is -2.22. The third-order valence-corrected chi connectivity index (χ3v) is 3.72. The minimum absolute atomic E-state index is 0.511. The summed E-state index contributed by atoms with van der Waals surface area (Å²) >= 11 is 0. The van der Waals surface area contributed by atoms with Crippen LogP contribution in [0.5, 0.6) is 0 Å². The smallest absolute Gasteiger partial charge is 0.238 e. The molecule has 1 unspecified atom stereocenters. The van der Waals surface area contributed by atoms with Gasteiger partial charge in [-0.25, -0.2) is 4.99 Å². The molecule has 0 amide bonds. The molecule has 4 rings (SSSR count). The van der Waals surface area contributed by atoms with Crippen molar-refractivity contribution < 1.29 is 4.74 Å². The van der Waals surface area contributed by atoms with Crippen LogP contribution in [0.4, 0.5) is 0 Å². The first-order chi connectivity index (χ1) is 10.8. The molecule has 3 N–H and O–H groups in total. The van der Waals surface area contributed by atoms with Gasteiger partial charge in [-0.2, -0.15) is 0 Å². The van der Waals surface area contributed by atoms with Crippen LogP contribution in [0.1, 0.15) is 5.69 Å². The van der Waals surface area contributed by atoms with Gasteiger partial charge in [-0.3, -0.25) is 20.8 Å². The van der Waals surface area contributed by atoms with Gasteiger partial charge in [-0.15, -0.1) is 0 Å². The van der Waals surface area contributed by atoms with Gasteiger partial charge in [0.05, 0.1) is 12.6 Å². The summed E-state index contributed by atoms with van der Waals surface area (Å²) in [5.41, 5.74) is 12.8. The summed E-state index contributed by atoms with van der Waals surface area (Å²) in [6, 6.07) is 12.2. The van der Waals surface area contributed by atoms with Crippen LogP contribution in [0.25, 0.3) is 22.0 Å². The molecule has 3 heterocycles. The van der Waals surface area contributed by atoms with Gasteiger partial charge in [0.1, 0.15) is 5.69 Å². The Kier molecular flexibility index (Phi) is 2.83. The van der Waals surface area contributed by atoms with E-state index < -0.39 is 6.29 Å². The molecule has 0 spiro atoms. The average Bonchev–Trinajstić information content (AvgIpc) is 2.97. The highest BCUT2D eigenvalue weighted by atomic mass is 16.5. The second kappa shape index (κ2) is 4.85. The molecule has 1 aliphatic rings. The zero-order valence-corrected chi connectivity index (χ0v) is 12.0. The number of nitrogens with zero attached hydrogens (tertiary/aromatic N) is 3. The van der Waals surface area contributed by atoms with E-state index in [1.54, 1.807) is 13.3 Å². The SMILES string of the molecule is COC1=NC(N)Nn2ccc(-c3ccc4ncccc4c3)c21. The van der Waals surface area contributed by atoms with Crippen LogP contribution in [0.2, 0.25) is 0 Å². The van der Waals surface area contributed by atoms with E-state index in [0.29, 0.717) is 5.90 Å². The highest BCUT2D eigenvalue weighted by Gasteiger charge is 2.23. The lowest BCUT2D eigenvalue weighted by molar-refractivity contribution is 0.391. The number of hydrogen-bond acceptors (Lipinski definition) is 5. The number of aliphatic imine (C=N–C) groups is 1. The van der Waals surface area contributed by atoms with Crippen molar-refractivity contribution in [3.05, 3.63) is 54.5 Å². The van der Waals surface area contributed by atoms with Gasteiger partial charge in [0.15, 0.2) is 6.29 Å². The molecule has 0 saturated heterocycles. The molecule has 6 heteroatoms. The molecule has 2 aromatic heterocycles. The Morgan fingerprint density at radius 2 is 2.18 bits per heavy atom. The zero-order chi connectivity index (χ0) is 15.1. The van der Waals surface area contributed by atoms with Gasteiger partial charge in [0.2, 0.25) is 5.90 Å². The second-order valence-corrected chi connectivity index (χ2v) is 5.07. The van der Waals surface area contributed by atoms with Crippen molar-refractivity contribution in [2.75, 3.05) is 12.5 Å². The molecule has 22 heavy (non-hydrogen) atoms. The highest BCUT2D eigenvalue weighted by Crippen LogP contribution is 2.29. The van der Waals surface area contributed by atoms with E-state index in [1.807, 2.05) is 41.2 Å². The van der Waals surface area contributed by atoms with E-state index in [-0.39, 0.29) is 0 Å². The highest BCUT2D eigenvalue weighted by molar-refractivity contribution is 6.01. The lowest BCUT2D eigenvalue weighted by atomic mass is 10.0. The van der Waals surface area contributed by atoms with Crippen LogP contribution < -0.4 is 11.2 Å². The van der Waals surface area contributed by atoms with E-state index in [2.05, 4.69) is 21.5 Å². The number of methoxy groups -OCH3 is 1. The first-order valence-electron chi connectivity index (χ1n) is 6.97. The molecule has 1 aromatic carbocycles. The van der Waals surface area contributed by atoms with Crippen LogP contribution in [0, 0.1) is 0 Å². The fourth-order valence-corrected chi connectivity index (χ4v) is 2.74. The Bertz CT molecular complexity index is 883. The first-order valence-corrected chi connectivity index (χ1v) is 6.97. The molecule has 0 aliphatic carbocycles. The van der Waals surface area contributed by atoms with Crippen molar-refractivity contribution in [3.8, 4) is 11.1 Å². The summed E-state index contributed by atoms with van der Waals surface area (Å²) in [7, 11) is 1.60. The Morgan fingerprint density at radius 3 is 3.05 bits per heavy atom. The van der Waals surface area contributed by atoms with E-state index in [4.69, 9.17) is 10.5 Å². The molecule has 0 radical (unpaired) electrons. The third-order valence-electron chi connectivity index (χ3n) is 3.72. The average molecular weight is 293 g/mol. The summed E-state index contributed by atoms with van der Waals surface area (Å²) < 4.78 is 7.24. The van der Waals surface area contributed by atoms with Gasteiger partial charge in [0.25, 0.3) is 0 Å². The maximum atomic E-state index is 5.83. The number of hydrogen-bond donors (Lipinski definition) is 2. The molecule has 0 fully saturated rings. The van der Waals surface area contributed by atoms with Crippen molar-refractivity contribution in [3.63, 3.8) is 0 Å². The monoisotopic (exact) mass is 293 g/mol. The minimum Gasteiger partial charge on any atom is -0.480 e. The quantitative estimate of drug-likeness (QED) is 0.718. The van der Waals surface area contributed by atoms with Gasteiger partial charge in [-0.1, -0.05) is 12.1 Å². The van der Waals surface area contributed by atoms with Crippen LogP contribution in [-0.2, 0) is 4.74 Å². The topological polar surface area (TPSA) is 77.5 Å². The van der Waals surface area contributed by atoms with Gasteiger partial charge >= 0.3 is 0 Å². The normalized spacial score (nSPS) is 16.8. The van der Waals surface area contributed by atoms with Crippen LogP contribution in [0.15, 0.2) is 53.8 Å². The summed E-state index contributed by atoms with van der Waals surface area (Å²) in [6.07, 6.45) is 3.21. The number of nitrogens with one attached hydrogen (secondary N) is 1. The number of fused-ring (bicyclic) bond motifs is 2. The van der Waals surface area contributed by atoms with Crippen molar-refractivity contribution in [2.24, 2.45) is 10.7 Å². The Hall–Kier alpha value is -2.86. The van der Waals surface area contributed by atoms with Gasteiger partial charge in [0, 0.05) is 23.3 Å². The number of nitrogens with two attached hydrogens (primary N) is 1. The van der Waals surface area contributed by atoms with Gasteiger partial charge in [-0.05, 0) is 29.8 Å². The molecule has 0 bridgehead atoms. The molecule has 1 atom stereocenters. The maximum absolute atomic E-state index is 5.83. The number of pyridine rings is 1. The lowest BCUT2D eigenvalue weighted by Crippen LogP contribution is -2.40. The standard InChI is InChI=1S/C16H15N5O/c1-22-15-14-12(6-8-21(14)20-16(17)19-15)10-4-5-13-11(9-10)3-2-7-18-13/h2-9,16,20H,17H2,1H3. The van der Waals surface area contributed by atoms with Crippen LogP contribution in [0.3, 0.4) is 0 Å². The van der Waals surface area contributed by atoms with Crippen LogP contribution in [-0.4, -0.2) is 29.0 Å². The van der Waals surface area contributed by atoms with Crippen LogP contribution >= 0.6 is 0 Å². The van der Waals surface area contributed by atoms with E-state index >= 15 is 0 Å². The minimum atomic E-state index is -0.511. The van der Waals surface area contributed by atoms with Crippen molar-refractivity contribution >= 4 is 16.8 Å². The summed E-state index contributed by atoms with van der Waals surface area (Å²) in [4.78, 5) is 8.64. The van der Waals surface area contributed by atoms with E-state index in [1.165, 1.54) is 0 Å². The van der Waals surface area contributed by atoms with E-state index in [9.17, 15) is 0 Å². The molecule has 6 nitrogen and oxygen atoms in total. The number of rotatable bonds is 1. The zero-order valence-electron chi connectivity index (χ0n) is 12.0. The number of benzene rings is 1. The molecule has 0 saturated carbocycles. The predicted molar refractivity (Wildman–Crippen MR) is 86.1 cm³/mol. The van der Waals surface area contributed by atoms with Crippen molar-refractivity contribution in [1.29, 1.82) is 0 Å². The molecular weight excluding hydrogens is 278 g/mol. The number of ether oxygens (including phenoxy) is 1. The summed E-state index contributed by atoms with van der Waals surface area (Å²) in [6.45, 7) is 0. The fraction of sp³-hybridized carbons (Fsp3) is 0.125. The van der Waals surface area contributed by atoms with Crippen molar-refractivity contribution in [1.82, 2.24) is 9.66 Å². The van der Waals surface area contributed by atoms with Crippen molar-refractivity contribution in [2.45, 2.75) is 6.29 Å². The Labute approximate surface area is 127 Å². The molecule has 3 aromatic rings. The third kappa shape index (κ3) is 1.93. The predicted octanol–water partition coefficient (Wildman–Crippen LogP) is 1.90. The van der Waals surface area contributed by atoms with E-state index in [0.717, 1.165) is 27.7 Å². The van der Waals surface area contributed by atoms with Gasteiger partial charge < -0.3 is 4.74 Å². The fourth-order valence-electron chi connectivity index (χ4n) is 2.74. The second-order valence-electron chi connectivity index (χ2n) is 5.07. The molecule has 1 aliphatic heterocycles. The molecular formula is C16H15N5O. The largest absolute Gasteiger partial charge is 0.480 e. The molecule has 110 valence electrons. The number of aromatic nitrogens is 2. The Balaban J connectivity index is 1.89. The Morgan fingerprint density at radius 1 is 1.27 bits per heavy atom. The summed E-state index contributed by atoms with van der Waals surface area (Å²) in [5.74, 6) is 0.525. The maximum Gasteiger partial charge on any atom is 0.238 e. The summed E-state index contributed by atoms with van der Waals surface area (Å²) in [5, 5.41) is 1.09. The first kappa shape index (κ1) is 12.8.